The molecule has 3 rings (SSSR count). The third-order valence-corrected chi connectivity index (χ3v) is 5.43. The number of pyridine rings is 1. The SMILES string of the molecule is CCCCc1ccc2[nH]c(C)c(C[NH+]3CCCCCC3)c(=O)c2c1. The minimum absolute atomic E-state index is 0.247. The standard InChI is InChI=1S/C21H30N2O/c1-3-4-9-17-10-11-20-18(14-17)21(24)19(16(2)22-20)15-23-12-7-5-6-8-13-23/h10-11,14H,3-9,12-13,15H2,1-2H3,(H,22,24)/p+1. The van der Waals surface area contributed by atoms with Crippen LogP contribution >= 0.6 is 0 Å². The van der Waals surface area contributed by atoms with E-state index in [4.69, 9.17) is 0 Å². The van der Waals surface area contributed by atoms with Crippen LogP contribution in [0.1, 0.15) is 62.3 Å². The van der Waals surface area contributed by atoms with E-state index >= 15 is 0 Å². The van der Waals surface area contributed by atoms with Gasteiger partial charge in [-0.05, 0) is 63.1 Å². The van der Waals surface area contributed by atoms with Gasteiger partial charge in [-0.25, -0.2) is 0 Å². The highest BCUT2D eigenvalue weighted by atomic mass is 16.1. The Bertz CT molecular complexity index is 739. The summed E-state index contributed by atoms with van der Waals surface area (Å²) in [6.45, 7) is 7.54. The molecule has 1 fully saturated rings. The normalized spacial score (nSPS) is 16.4. The lowest BCUT2D eigenvalue weighted by molar-refractivity contribution is -0.913. The Kier molecular flexibility index (Phi) is 5.72. The third kappa shape index (κ3) is 3.89. The summed E-state index contributed by atoms with van der Waals surface area (Å²) < 4.78 is 0. The monoisotopic (exact) mass is 327 g/mol. The first-order valence-electron chi connectivity index (χ1n) is 9.67. The van der Waals surface area contributed by atoms with Crippen LogP contribution in [0.2, 0.25) is 0 Å². The van der Waals surface area contributed by atoms with E-state index in [1.54, 1.807) is 4.90 Å². The molecule has 0 radical (unpaired) electrons. The van der Waals surface area contributed by atoms with Gasteiger partial charge in [0.15, 0.2) is 5.43 Å². The Morgan fingerprint density at radius 2 is 1.88 bits per heavy atom. The van der Waals surface area contributed by atoms with Gasteiger partial charge in [0.25, 0.3) is 0 Å². The smallest absolute Gasteiger partial charge is 0.198 e. The largest absolute Gasteiger partial charge is 0.358 e. The Morgan fingerprint density at radius 3 is 2.58 bits per heavy atom. The van der Waals surface area contributed by atoms with E-state index in [0.29, 0.717) is 0 Å². The summed E-state index contributed by atoms with van der Waals surface area (Å²) in [5.41, 5.74) is 4.55. The quantitative estimate of drug-likeness (QED) is 0.870. The van der Waals surface area contributed by atoms with Gasteiger partial charge >= 0.3 is 0 Å². The van der Waals surface area contributed by atoms with Gasteiger partial charge in [-0.3, -0.25) is 4.79 Å². The highest BCUT2D eigenvalue weighted by Gasteiger charge is 2.18. The molecule has 24 heavy (non-hydrogen) atoms. The van der Waals surface area contributed by atoms with E-state index in [1.165, 1.54) is 57.2 Å². The molecule has 3 nitrogen and oxygen atoms in total. The highest BCUT2D eigenvalue weighted by molar-refractivity contribution is 5.80. The average Bonchev–Trinajstić information content (AvgIpc) is 2.85. The number of fused-ring (bicyclic) bond motifs is 1. The van der Waals surface area contributed by atoms with Crippen LogP contribution in [0.15, 0.2) is 23.0 Å². The molecule has 2 heterocycles. The third-order valence-electron chi connectivity index (χ3n) is 5.43. The molecular weight excluding hydrogens is 296 g/mol. The minimum atomic E-state index is 0.247. The summed E-state index contributed by atoms with van der Waals surface area (Å²) in [4.78, 5) is 18.1. The number of benzene rings is 1. The van der Waals surface area contributed by atoms with Crippen LogP contribution in [-0.4, -0.2) is 18.1 Å². The van der Waals surface area contributed by atoms with Crippen LogP contribution in [-0.2, 0) is 13.0 Å². The molecule has 1 aliphatic rings. The lowest BCUT2D eigenvalue weighted by atomic mass is 10.0. The van der Waals surface area contributed by atoms with Gasteiger partial charge in [0.1, 0.15) is 6.54 Å². The van der Waals surface area contributed by atoms with Crippen LogP contribution in [0.25, 0.3) is 10.9 Å². The second-order valence-corrected chi connectivity index (χ2v) is 7.38. The Hall–Kier alpha value is -1.61. The van der Waals surface area contributed by atoms with E-state index in [9.17, 15) is 4.79 Å². The number of aryl methyl sites for hydroxylation is 2. The number of quaternary nitrogens is 1. The van der Waals surface area contributed by atoms with Crippen molar-refractivity contribution in [2.45, 2.75) is 65.3 Å². The molecule has 1 saturated heterocycles. The number of rotatable bonds is 5. The van der Waals surface area contributed by atoms with Gasteiger partial charge in [-0.1, -0.05) is 19.4 Å². The van der Waals surface area contributed by atoms with Crippen LogP contribution in [0.5, 0.6) is 0 Å². The van der Waals surface area contributed by atoms with Crippen LogP contribution in [0, 0.1) is 6.92 Å². The summed E-state index contributed by atoms with van der Waals surface area (Å²) >= 11 is 0. The molecular formula is C21H31N2O+. The zero-order chi connectivity index (χ0) is 16.9. The molecule has 2 N–H and O–H groups in total. The van der Waals surface area contributed by atoms with Gasteiger partial charge in [0, 0.05) is 16.6 Å². The van der Waals surface area contributed by atoms with E-state index < -0.39 is 0 Å². The van der Waals surface area contributed by atoms with Crippen LogP contribution < -0.4 is 10.3 Å². The van der Waals surface area contributed by atoms with Crippen LogP contribution in [0.4, 0.5) is 0 Å². The van der Waals surface area contributed by atoms with Crippen molar-refractivity contribution in [3.8, 4) is 0 Å². The Labute approximate surface area is 145 Å². The Balaban J connectivity index is 1.93. The number of aromatic amines is 1. The predicted octanol–water partition coefficient (Wildman–Crippen LogP) is 3.14. The van der Waals surface area contributed by atoms with Gasteiger partial charge in [-0.2, -0.15) is 0 Å². The van der Waals surface area contributed by atoms with E-state index in [1.807, 2.05) is 0 Å². The number of hydrogen-bond donors (Lipinski definition) is 2. The minimum Gasteiger partial charge on any atom is -0.358 e. The molecule has 0 saturated carbocycles. The van der Waals surface area contributed by atoms with Gasteiger partial charge in [0.2, 0.25) is 0 Å². The molecule has 130 valence electrons. The second-order valence-electron chi connectivity index (χ2n) is 7.38. The lowest BCUT2D eigenvalue weighted by Gasteiger charge is -2.18. The topological polar surface area (TPSA) is 37.3 Å². The van der Waals surface area contributed by atoms with Crippen molar-refractivity contribution < 1.29 is 4.90 Å². The maximum atomic E-state index is 13.1. The van der Waals surface area contributed by atoms with Gasteiger partial charge in [0.05, 0.1) is 18.7 Å². The molecule has 3 heteroatoms. The van der Waals surface area contributed by atoms with Crippen molar-refractivity contribution in [3.63, 3.8) is 0 Å². The van der Waals surface area contributed by atoms with Gasteiger partial charge in [-0.15, -0.1) is 0 Å². The maximum absolute atomic E-state index is 13.1. The fraction of sp³-hybridized carbons (Fsp3) is 0.571. The van der Waals surface area contributed by atoms with Crippen molar-refractivity contribution in [2.75, 3.05) is 13.1 Å². The van der Waals surface area contributed by atoms with Crippen molar-refractivity contribution >= 4 is 10.9 Å². The summed E-state index contributed by atoms with van der Waals surface area (Å²) in [5.74, 6) is 0. The van der Waals surface area contributed by atoms with Crippen LogP contribution in [0.3, 0.4) is 0 Å². The molecule has 0 atom stereocenters. The zero-order valence-corrected chi connectivity index (χ0v) is 15.2. The van der Waals surface area contributed by atoms with Crippen molar-refractivity contribution in [2.24, 2.45) is 0 Å². The first-order chi connectivity index (χ1) is 11.7. The summed E-state index contributed by atoms with van der Waals surface area (Å²) in [7, 11) is 0. The molecule has 0 aliphatic carbocycles. The molecule has 1 aromatic carbocycles. The first kappa shape index (κ1) is 17.2. The summed E-state index contributed by atoms with van der Waals surface area (Å²) in [6, 6.07) is 6.36. The highest BCUT2D eigenvalue weighted by Crippen LogP contribution is 2.15. The summed E-state index contributed by atoms with van der Waals surface area (Å²) in [5, 5.41) is 0.874. The van der Waals surface area contributed by atoms with E-state index in [-0.39, 0.29) is 5.43 Å². The number of likely N-dealkylation sites (tertiary alicyclic amines) is 1. The van der Waals surface area contributed by atoms with Crippen molar-refractivity contribution in [1.29, 1.82) is 0 Å². The summed E-state index contributed by atoms with van der Waals surface area (Å²) in [6.07, 6.45) is 8.70. The number of nitrogens with one attached hydrogen (secondary N) is 2. The molecule has 0 bridgehead atoms. The average molecular weight is 327 g/mol. The second kappa shape index (κ2) is 7.98. The Morgan fingerprint density at radius 1 is 1.12 bits per heavy atom. The molecule has 0 unspecified atom stereocenters. The van der Waals surface area contributed by atoms with Gasteiger partial charge < -0.3 is 9.88 Å². The molecule has 1 aromatic heterocycles. The predicted molar refractivity (Wildman–Crippen MR) is 101 cm³/mol. The zero-order valence-electron chi connectivity index (χ0n) is 15.2. The fourth-order valence-corrected chi connectivity index (χ4v) is 3.90. The lowest BCUT2D eigenvalue weighted by Crippen LogP contribution is -3.10. The molecule has 0 amide bonds. The van der Waals surface area contributed by atoms with E-state index in [0.717, 1.165) is 35.1 Å². The number of unbranched alkanes of at least 4 members (excludes halogenated alkanes) is 1. The first-order valence-corrected chi connectivity index (χ1v) is 9.67. The molecule has 2 aromatic rings. The maximum Gasteiger partial charge on any atom is 0.198 e. The molecule has 1 aliphatic heterocycles. The number of hydrogen-bond acceptors (Lipinski definition) is 1. The van der Waals surface area contributed by atoms with Crippen molar-refractivity contribution in [3.05, 3.63) is 45.2 Å². The number of aromatic nitrogens is 1. The van der Waals surface area contributed by atoms with E-state index in [2.05, 4.69) is 37.0 Å². The molecule has 0 spiro atoms. The van der Waals surface area contributed by atoms with Crippen molar-refractivity contribution in [1.82, 2.24) is 4.98 Å². The fourth-order valence-electron chi connectivity index (χ4n) is 3.90. The number of H-pyrrole nitrogens is 1.